The maximum absolute atomic E-state index is 13.5. The molecule has 0 spiro atoms. The number of nitrogens with zero attached hydrogens (tertiary/aromatic N) is 1. The summed E-state index contributed by atoms with van der Waals surface area (Å²) in [5.41, 5.74) is 5.13. The van der Waals surface area contributed by atoms with Gasteiger partial charge in [0.1, 0.15) is 11.9 Å². The zero-order valence-electron chi connectivity index (χ0n) is 17.4. The summed E-state index contributed by atoms with van der Waals surface area (Å²) in [4.78, 5) is 11.3. The summed E-state index contributed by atoms with van der Waals surface area (Å²) in [7, 11) is -4.42. The number of sulfonamides is 1. The number of carbonyl (C=O) groups is 1. The molecule has 0 amide bonds. The fourth-order valence-electron chi connectivity index (χ4n) is 3.53. The molecular formula is C21H23F3N2O5S. The Morgan fingerprint density at radius 1 is 1.22 bits per heavy atom. The monoisotopic (exact) mass is 472 g/mol. The van der Waals surface area contributed by atoms with Crippen LogP contribution in [0.5, 0.6) is 5.75 Å². The maximum atomic E-state index is 13.5. The van der Waals surface area contributed by atoms with Crippen LogP contribution in [0.4, 0.5) is 24.5 Å². The molecule has 174 valence electrons. The Morgan fingerprint density at radius 3 is 2.59 bits per heavy atom. The average molecular weight is 472 g/mol. The molecule has 7 nitrogen and oxygen atoms in total. The highest BCUT2D eigenvalue weighted by atomic mass is 32.2. The molecule has 1 aliphatic rings. The molecule has 0 aliphatic carbocycles. The van der Waals surface area contributed by atoms with Crippen LogP contribution < -0.4 is 14.8 Å². The summed E-state index contributed by atoms with van der Waals surface area (Å²) in [5.74, 6) is -0.264. The van der Waals surface area contributed by atoms with Gasteiger partial charge in [0.25, 0.3) is 10.0 Å². The van der Waals surface area contributed by atoms with Crippen molar-refractivity contribution in [2.24, 2.45) is 0 Å². The minimum Gasteiger partial charge on any atom is -0.486 e. The minimum absolute atomic E-state index is 0.00933. The van der Waals surface area contributed by atoms with Gasteiger partial charge < -0.3 is 15.2 Å². The van der Waals surface area contributed by atoms with Gasteiger partial charge in [0.05, 0.1) is 28.8 Å². The van der Waals surface area contributed by atoms with Crippen LogP contribution in [0.25, 0.3) is 0 Å². The number of benzene rings is 2. The van der Waals surface area contributed by atoms with Gasteiger partial charge in [-0.1, -0.05) is 6.07 Å². The van der Waals surface area contributed by atoms with Gasteiger partial charge in [-0.2, -0.15) is 13.2 Å². The second kappa shape index (κ2) is 8.89. The van der Waals surface area contributed by atoms with Crippen molar-refractivity contribution in [2.75, 3.05) is 16.6 Å². The highest BCUT2D eigenvalue weighted by molar-refractivity contribution is 7.92. The lowest BCUT2D eigenvalue weighted by Crippen LogP contribution is -2.51. The predicted octanol–water partition coefficient (Wildman–Crippen LogP) is 3.98. The smallest absolute Gasteiger partial charge is 0.416 e. The van der Waals surface area contributed by atoms with Crippen LogP contribution >= 0.6 is 0 Å². The van der Waals surface area contributed by atoms with E-state index in [1.807, 2.05) is 0 Å². The molecule has 0 radical (unpaired) electrons. The summed E-state index contributed by atoms with van der Waals surface area (Å²) < 4.78 is 78.4. The van der Waals surface area contributed by atoms with Crippen molar-refractivity contribution in [1.29, 1.82) is 0 Å². The molecule has 1 aliphatic heterocycles. The molecule has 0 aromatic heterocycles. The molecule has 2 N–H and O–H groups in total. The zero-order chi connectivity index (χ0) is 23.7. The number of fused-ring (bicyclic) bond motifs is 1. The van der Waals surface area contributed by atoms with E-state index >= 15 is 0 Å². The van der Waals surface area contributed by atoms with Crippen LogP contribution in [0.1, 0.15) is 32.3 Å². The van der Waals surface area contributed by atoms with E-state index < -0.39 is 44.8 Å². The van der Waals surface area contributed by atoms with E-state index in [4.69, 9.17) is 15.2 Å². The lowest BCUT2D eigenvalue weighted by molar-refractivity contribution is -0.143. The molecule has 2 aromatic carbocycles. The quantitative estimate of drug-likeness (QED) is 0.505. The molecule has 2 atom stereocenters. The van der Waals surface area contributed by atoms with E-state index in [0.717, 1.165) is 22.5 Å². The SMILES string of the molecule is CCOC(=O)CC[C@@H]1Oc2ccc(N)cc2N(S(=O)(=O)c2cccc(C(F)(F)F)c2)[C@@H]1C. The van der Waals surface area contributed by atoms with Crippen LogP contribution in [0.15, 0.2) is 47.4 Å². The second-order valence-electron chi connectivity index (χ2n) is 7.29. The van der Waals surface area contributed by atoms with Gasteiger partial charge in [-0.25, -0.2) is 8.42 Å². The fraction of sp³-hybridized carbons (Fsp3) is 0.381. The summed E-state index contributed by atoms with van der Waals surface area (Å²) in [6, 6.07) is 7.10. The molecular weight excluding hydrogens is 449 g/mol. The van der Waals surface area contributed by atoms with Gasteiger partial charge in [0.2, 0.25) is 0 Å². The Bertz CT molecular complexity index is 1100. The second-order valence-corrected chi connectivity index (χ2v) is 9.11. The summed E-state index contributed by atoms with van der Waals surface area (Å²) in [6.07, 6.45) is -5.30. The van der Waals surface area contributed by atoms with Gasteiger partial charge in [0, 0.05) is 12.1 Å². The molecule has 0 unspecified atom stereocenters. The lowest BCUT2D eigenvalue weighted by Gasteiger charge is -2.41. The summed E-state index contributed by atoms with van der Waals surface area (Å²) in [5, 5.41) is 0. The molecule has 32 heavy (non-hydrogen) atoms. The van der Waals surface area contributed by atoms with Crippen LogP contribution in [0.2, 0.25) is 0 Å². The zero-order valence-corrected chi connectivity index (χ0v) is 18.2. The van der Waals surface area contributed by atoms with E-state index in [1.165, 1.54) is 18.2 Å². The van der Waals surface area contributed by atoms with Crippen molar-refractivity contribution in [3.8, 4) is 5.75 Å². The van der Waals surface area contributed by atoms with Gasteiger partial charge in [-0.05, 0) is 56.7 Å². The van der Waals surface area contributed by atoms with Crippen molar-refractivity contribution in [1.82, 2.24) is 0 Å². The number of hydrogen-bond donors (Lipinski definition) is 1. The third-order valence-electron chi connectivity index (χ3n) is 5.06. The van der Waals surface area contributed by atoms with E-state index in [9.17, 15) is 26.4 Å². The van der Waals surface area contributed by atoms with Crippen molar-refractivity contribution >= 4 is 27.4 Å². The number of nitrogens with two attached hydrogens (primary N) is 1. The van der Waals surface area contributed by atoms with E-state index in [-0.39, 0.29) is 36.6 Å². The van der Waals surface area contributed by atoms with Crippen LogP contribution in [0, 0.1) is 0 Å². The number of rotatable bonds is 6. The largest absolute Gasteiger partial charge is 0.486 e. The number of hydrogen-bond acceptors (Lipinski definition) is 6. The Balaban J connectivity index is 2.04. The van der Waals surface area contributed by atoms with Gasteiger partial charge in [-0.3, -0.25) is 9.10 Å². The third kappa shape index (κ3) is 4.77. The number of halogens is 3. The van der Waals surface area contributed by atoms with Gasteiger partial charge >= 0.3 is 12.1 Å². The lowest BCUT2D eigenvalue weighted by atomic mass is 10.0. The van der Waals surface area contributed by atoms with E-state index in [2.05, 4.69) is 0 Å². The Hall–Kier alpha value is -2.95. The maximum Gasteiger partial charge on any atom is 0.416 e. The first-order chi connectivity index (χ1) is 14.9. The normalized spacial score (nSPS) is 18.6. The first-order valence-electron chi connectivity index (χ1n) is 9.88. The first kappa shape index (κ1) is 23.7. The summed E-state index contributed by atoms with van der Waals surface area (Å²) >= 11 is 0. The van der Waals surface area contributed by atoms with Crippen molar-refractivity contribution in [3.63, 3.8) is 0 Å². The Kier molecular flexibility index (Phi) is 6.59. The highest BCUT2D eigenvalue weighted by Gasteiger charge is 2.41. The topological polar surface area (TPSA) is 98.9 Å². The van der Waals surface area contributed by atoms with Crippen molar-refractivity contribution in [2.45, 2.75) is 49.9 Å². The van der Waals surface area contributed by atoms with E-state index in [0.29, 0.717) is 6.07 Å². The molecule has 0 saturated heterocycles. The number of anilines is 2. The molecule has 11 heteroatoms. The number of nitrogen functional groups attached to an aromatic ring is 1. The molecule has 1 heterocycles. The highest BCUT2D eigenvalue weighted by Crippen LogP contribution is 2.42. The van der Waals surface area contributed by atoms with Crippen molar-refractivity contribution in [3.05, 3.63) is 48.0 Å². The number of carbonyl (C=O) groups excluding carboxylic acids is 1. The fourth-order valence-corrected chi connectivity index (χ4v) is 5.26. The molecule has 0 bridgehead atoms. The van der Waals surface area contributed by atoms with Crippen LogP contribution in [-0.4, -0.2) is 33.1 Å². The van der Waals surface area contributed by atoms with Crippen LogP contribution in [0.3, 0.4) is 0 Å². The molecule has 3 rings (SSSR count). The number of ether oxygens (including phenoxy) is 2. The minimum atomic E-state index is -4.70. The molecule has 0 fully saturated rings. The standard InChI is InChI=1S/C21H23F3N2O5S/c1-3-30-20(27)10-9-18-13(2)26(17-12-15(25)7-8-19(17)31-18)32(28,29)16-6-4-5-14(11-16)21(22,23)24/h4-8,11-13,18H,3,9-10,25H2,1-2H3/t13-,18+/m1/s1. The van der Waals surface area contributed by atoms with E-state index in [1.54, 1.807) is 13.8 Å². The Morgan fingerprint density at radius 2 is 1.94 bits per heavy atom. The molecule has 2 aromatic rings. The van der Waals surface area contributed by atoms with Gasteiger partial charge in [-0.15, -0.1) is 0 Å². The summed E-state index contributed by atoms with van der Waals surface area (Å²) in [6.45, 7) is 3.44. The van der Waals surface area contributed by atoms with Crippen molar-refractivity contribution < 1.29 is 35.9 Å². The molecule has 0 saturated carbocycles. The predicted molar refractivity (Wildman–Crippen MR) is 112 cm³/mol. The number of alkyl halides is 3. The Labute approximate surface area is 184 Å². The number of esters is 1. The van der Waals surface area contributed by atoms with Crippen LogP contribution in [-0.2, 0) is 25.7 Å². The third-order valence-corrected chi connectivity index (χ3v) is 6.96. The first-order valence-corrected chi connectivity index (χ1v) is 11.3. The average Bonchev–Trinajstić information content (AvgIpc) is 2.72. The van der Waals surface area contributed by atoms with Gasteiger partial charge in [0.15, 0.2) is 0 Å².